The molecule has 0 bridgehead atoms. The first kappa shape index (κ1) is 71.4. The Morgan fingerprint density at radius 3 is 1.07 bits per heavy atom. The van der Waals surface area contributed by atoms with Crippen LogP contribution in [0.15, 0.2) is 0 Å². The summed E-state index contributed by atoms with van der Waals surface area (Å²) in [5, 5.41) is 0. The Bertz CT molecular complexity index is 1160. The number of carbonyl (C=O) groups is 3. The molecule has 0 aromatic heterocycles. The van der Waals surface area contributed by atoms with E-state index in [1.165, 1.54) is 205 Å². The van der Waals surface area contributed by atoms with Gasteiger partial charge in [0.2, 0.25) is 5.91 Å². The van der Waals surface area contributed by atoms with Gasteiger partial charge in [-0.2, -0.15) is 0 Å². The number of rotatable bonds is 59. The molecular formula is C66H130N2O5. The lowest BCUT2D eigenvalue weighted by Crippen LogP contribution is -2.41. The molecule has 0 saturated heterocycles. The van der Waals surface area contributed by atoms with Crippen LogP contribution in [0.2, 0.25) is 0 Å². The summed E-state index contributed by atoms with van der Waals surface area (Å²) < 4.78 is 11.7. The van der Waals surface area contributed by atoms with E-state index in [0.29, 0.717) is 56.3 Å². The maximum absolute atomic E-state index is 14.0. The second kappa shape index (κ2) is 56.6. The Kier molecular flexibility index (Phi) is 55.3. The van der Waals surface area contributed by atoms with Gasteiger partial charge in [0.05, 0.1) is 13.2 Å². The Morgan fingerprint density at radius 1 is 0.329 bits per heavy atom. The average Bonchev–Trinajstić information content (AvgIpc) is 3.38. The molecule has 0 aliphatic heterocycles. The summed E-state index contributed by atoms with van der Waals surface area (Å²) in [4.78, 5) is 44.1. The zero-order chi connectivity index (χ0) is 53.5. The lowest BCUT2D eigenvalue weighted by atomic mass is 9.92. The molecule has 3 unspecified atom stereocenters. The molecule has 0 heterocycles. The summed E-state index contributed by atoms with van der Waals surface area (Å²) in [6, 6.07) is 0.317. The van der Waals surface area contributed by atoms with Gasteiger partial charge in [-0.15, -0.1) is 0 Å². The molecule has 7 nitrogen and oxygen atoms in total. The van der Waals surface area contributed by atoms with Crippen molar-refractivity contribution in [2.75, 3.05) is 40.4 Å². The van der Waals surface area contributed by atoms with E-state index in [1.54, 1.807) is 0 Å². The van der Waals surface area contributed by atoms with E-state index in [4.69, 9.17) is 9.47 Å². The van der Waals surface area contributed by atoms with Crippen LogP contribution in [0.4, 0.5) is 0 Å². The van der Waals surface area contributed by atoms with Gasteiger partial charge in [0, 0.05) is 31.8 Å². The van der Waals surface area contributed by atoms with Crippen molar-refractivity contribution < 1.29 is 23.9 Å². The monoisotopic (exact) mass is 1030 g/mol. The molecule has 3 atom stereocenters. The van der Waals surface area contributed by atoms with Crippen LogP contribution in [-0.2, 0) is 23.9 Å². The maximum atomic E-state index is 14.0. The van der Waals surface area contributed by atoms with Gasteiger partial charge in [-0.3, -0.25) is 14.4 Å². The van der Waals surface area contributed by atoms with E-state index in [2.05, 4.69) is 58.5 Å². The van der Waals surface area contributed by atoms with Gasteiger partial charge in [-0.25, -0.2) is 0 Å². The third-order valence-electron chi connectivity index (χ3n) is 16.0. The van der Waals surface area contributed by atoms with Crippen LogP contribution in [0.25, 0.3) is 0 Å². The highest BCUT2D eigenvalue weighted by molar-refractivity contribution is 5.76. The van der Waals surface area contributed by atoms with E-state index in [-0.39, 0.29) is 11.9 Å². The summed E-state index contributed by atoms with van der Waals surface area (Å²) in [6.45, 7) is 14.5. The van der Waals surface area contributed by atoms with Gasteiger partial charge in [-0.05, 0) is 90.3 Å². The first-order valence-corrected chi connectivity index (χ1v) is 33.0. The lowest BCUT2D eigenvalue weighted by molar-refractivity contribution is -0.145. The van der Waals surface area contributed by atoms with E-state index >= 15 is 0 Å². The number of unbranched alkanes of at least 4 members (excludes halogenated alkanes) is 31. The van der Waals surface area contributed by atoms with Crippen molar-refractivity contribution in [2.45, 2.75) is 355 Å². The van der Waals surface area contributed by atoms with Gasteiger partial charge in [0.25, 0.3) is 0 Å². The number of hydrogen-bond donors (Lipinski definition) is 0. The molecule has 73 heavy (non-hydrogen) atoms. The molecule has 0 spiro atoms. The summed E-state index contributed by atoms with van der Waals surface area (Å²) in [6.07, 6.45) is 58.1. The fourth-order valence-electron chi connectivity index (χ4n) is 11.0. The van der Waals surface area contributed by atoms with Crippen LogP contribution < -0.4 is 0 Å². The normalized spacial score (nSPS) is 12.9. The number of carbonyl (C=O) groups excluding carboxylic acids is 3. The highest BCUT2D eigenvalue weighted by Crippen LogP contribution is 2.25. The number of amides is 1. The molecule has 0 saturated carbocycles. The topological polar surface area (TPSA) is 76.2 Å². The smallest absolute Gasteiger partial charge is 0.305 e. The van der Waals surface area contributed by atoms with Crippen molar-refractivity contribution in [1.82, 2.24) is 9.80 Å². The maximum Gasteiger partial charge on any atom is 0.305 e. The third-order valence-corrected chi connectivity index (χ3v) is 16.0. The van der Waals surface area contributed by atoms with Crippen LogP contribution in [0.1, 0.15) is 349 Å². The van der Waals surface area contributed by atoms with Gasteiger partial charge in [0.1, 0.15) is 0 Å². The van der Waals surface area contributed by atoms with Crippen LogP contribution in [0.5, 0.6) is 0 Å². The molecule has 434 valence electrons. The molecule has 7 heteroatoms. The Labute approximate surface area is 457 Å². The minimum Gasteiger partial charge on any atom is -0.466 e. The first-order chi connectivity index (χ1) is 35.7. The van der Waals surface area contributed by atoms with Crippen LogP contribution in [-0.4, -0.2) is 74.1 Å². The van der Waals surface area contributed by atoms with Crippen molar-refractivity contribution in [2.24, 2.45) is 11.8 Å². The van der Waals surface area contributed by atoms with Gasteiger partial charge < -0.3 is 19.3 Å². The molecular weight excluding hydrogens is 901 g/mol. The van der Waals surface area contributed by atoms with Crippen LogP contribution in [0, 0.1) is 11.8 Å². The highest BCUT2D eigenvalue weighted by Gasteiger charge is 2.23. The van der Waals surface area contributed by atoms with E-state index < -0.39 is 0 Å². The van der Waals surface area contributed by atoms with Crippen molar-refractivity contribution in [3.05, 3.63) is 0 Å². The standard InChI is InChI=1S/C66H130N2O5/c1-8-13-18-23-30-39-48-61(47-37-21-16-11-4)56-59-72-65(70)54-44-35-28-26-32-41-51-63(68(58-46-57-67(6)7)64(69)53-43-34-25-20-15-10-3)52-42-33-27-29-36-45-55-66(71)73-60-62(49-38-22-17-12-5)50-40-31-24-19-14-9-2/h61-63H,8-60H2,1-7H3. The van der Waals surface area contributed by atoms with Crippen LogP contribution >= 0.6 is 0 Å². The van der Waals surface area contributed by atoms with Crippen LogP contribution in [0.3, 0.4) is 0 Å². The number of hydrogen-bond acceptors (Lipinski definition) is 6. The minimum absolute atomic E-state index is 0.00206. The SMILES string of the molecule is CCCCCCCCC(=O)N(CCCN(C)C)C(CCCCCCCCC(=O)OCCC(CCCCCC)CCCCCCCC)CCCCCCCCC(=O)OCC(CCCCCC)CCCCCCCC. The Balaban J connectivity index is 4.99. The fraction of sp³-hybridized carbons (Fsp3) is 0.955. The summed E-state index contributed by atoms with van der Waals surface area (Å²) in [5.41, 5.74) is 0. The number of ether oxygens (including phenoxy) is 2. The quantitative estimate of drug-likeness (QED) is 0.0446. The van der Waals surface area contributed by atoms with E-state index in [1.807, 2.05) is 0 Å². The average molecular weight is 1030 g/mol. The largest absolute Gasteiger partial charge is 0.466 e. The summed E-state index contributed by atoms with van der Waals surface area (Å²) >= 11 is 0. The van der Waals surface area contributed by atoms with Crippen molar-refractivity contribution in [3.8, 4) is 0 Å². The molecule has 0 N–H and O–H groups in total. The first-order valence-electron chi connectivity index (χ1n) is 33.0. The van der Waals surface area contributed by atoms with Gasteiger partial charge >= 0.3 is 11.9 Å². The number of nitrogens with zero attached hydrogens (tertiary/aromatic N) is 2. The Hall–Kier alpha value is -1.63. The predicted octanol–water partition coefficient (Wildman–Crippen LogP) is 20.3. The van der Waals surface area contributed by atoms with Gasteiger partial charge in [-0.1, -0.05) is 272 Å². The molecule has 0 aliphatic rings. The molecule has 0 aliphatic carbocycles. The Morgan fingerprint density at radius 2 is 0.658 bits per heavy atom. The molecule has 1 amide bonds. The second-order valence-corrected chi connectivity index (χ2v) is 23.5. The van der Waals surface area contributed by atoms with E-state index in [0.717, 1.165) is 103 Å². The van der Waals surface area contributed by atoms with Crippen molar-refractivity contribution in [3.63, 3.8) is 0 Å². The lowest BCUT2D eigenvalue weighted by Gasteiger charge is -2.33. The summed E-state index contributed by atoms with van der Waals surface area (Å²) in [5.74, 6) is 1.61. The third kappa shape index (κ3) is 49.7. The number of esters is 2. The van der Waals surface area contributed by atoms with E-state index in [9.17, 15) is 14.4 Å². The molecule has 0 aromatic carbocycles. The zero-order valence-electron chi connectivity index (χ0n) is 50.6. The molecule has 0 fully saturated rings. The summed E-state index contributed by atoms with van der Waals surface area (Å²) in [7, 11) is 4.28. The second-order valence-electron chi connectivity index (χ2n) is 23.5. The highest BCUT2D eigenvalue weighted by atomic mass is 16.5. The zero-order valence-corrected chi connectivity index (χ0v) is 50.6. The minimum atomic E-state index is -0.00206. The fourth-order valence-corrected chi connectivity index (χ4v) is 11.0. The molecule has 0 aromatic rings. The predicted molar refractivity (Wildman–Crippen MR) is 318 cm³/mol. The molecule has 0 rings (SSSR count). The molecule has 0 radical (unpaired) electrons. The van der Waals surface area contributed by atoms with Crippen molar-refractivity contribution >= 4 is 17.8 Å². The van der Waals surface area contributed by atoms with Crippen molar-refractivity contribution in [1.29, 1.82) is 0 Å². The van der Waals surface area contributed by atoms with Gasteiger partial charge in [0.15, 0.2) is 0 Å².